The number of aliphatic hydroxyl groups excluding tert-OH is 1. The molecule has 2 atom stereocenters. The van der Waals surface area contributed by atoms with E-state index in [1.165, 1.54) is 0 Å². The second-order valence-electron chi connectivity index (χ2n) is 17.5. The van der Waals surface area contributed by atoms with Crippen LogP contribution >= 0.6 is 11.6 Å². The van der Waals surface area contributed by atoms with E-state index >= 15 is 0 Å². The van der Waals surface area contributed by atoms with Gasteiger partial charge in [-0.3, -0.25) is 24.2 Å². The van der Waals surface area contributed by atoms with Crippen LogP contribution in [-0.4, -0.2) is 92.0 Å². The van der Waals surface area contributed by atoms with E-state index in [2.05, 4.69) is 44.9 Å². The third-order valence-electron chi connectivity index (χ3n) is 13.3. The highest BCUT2D eigenvalue weighted by Gasteiger charge is 2.49. The largest absolute Gasteiger partial charge is 0.494 e. The SMILES string of the molecule is O=C1NC(O)CCC1N1Cc2cc(OCCCCCCCC(=O)N3CCC4(CC3)CCN(c3cncc(Nc5ncc(Cl)c(-c6cccc(-c7ccccc7)c6)n5)c3)C4=O)ccc2C1=O. The molecule has 4 amide bonds. The van der Waals surface area contributed by atoms with Crippen LogP contribution in [0, 0.1) is 5.41 Å². The average molecular weight is 897 g/mol. The number of carbonyl (C=O) groups is 4. The highest BCUT2D eigenvalue weighted by molar-refractivity contribution is 6.33. The molecule has 4 aliphatic rings. The number of amides is 4. The van der Waals surface area contributed by atoms with E-state index < -0.39 is 17.7 Å². The van der Waals surface area contributed by atoms with Gasteiger partial charge in [-0.2, -0.15) is 0 Å². The van der Waals surface area contributed by atoms with Gasteiger partial charge in [-0.15, -0.1) is 0 Å². The third kappa shape index (κ3) is 9.69. The lowest BCUT2D eigenvalue weighted by Crippen LogP contribution is -2.54. The fourth-order valence-corrected chi connectivity index (χ4v) is 9.79. The van der Waals surface area contributed by atoms with Crippen molar-refractivity contribution in [3.8, 4) is 28.1 Å². The molecule has 14 nitrogen and oxygen atoms in total. The van der Waals surface area contributed by atoms with Crippen LogP contribution in [0.5, 0.6) is 5.75 Å². The second-order valence-corrected chi connectivity index (χ2v) is 17.9. The lowest BCUT2D eigenvalue weighted by atomic mass is 9.77. The van der Waals surface area contributed by atoms with Gasteiger partial charge in [-0.05, 0) is 92.0 Å². The zero-order valence-corrected chi connectivity index (χ0v) is 37.0. The molecular formula is C50H53ClN8O6. The number of fused-ring (bicyclic) bond motifs is 1. The first-order valence-corrected chi connectivity index (χ1v) is 23.1. The lowest BCUT2D eigenvalue weighted by Gasteiger charge is -2.38. The summed E-state index contributed by atoms with van der Waals surface area (Å²) in [6, 6.07) is 25.0. The van der Waals surface area contributed by atoms with Gasteiger partial charge in [0.15, 0.2) is 0 Å². The topological polar surface area (TPSA) is 170 Å². The molecule has 3 saturated heterocycles. The number of carbonyl (C=O) groups excluding carboxylic acids is 4. The summed E-state index contributed by atoms with van der Waals surface area (Å²) in [4.78, 5) is 71.6. The summed E-state index contributed by atoms with van der Waals surface area (Å²) >= 11 is 6.60. The van der Waals surface area contributed by atoms with Crippen LogP contribution in [0.2, 0.25) is 5.02 Å². The minimum absolute atomic E-state index is 0.0844. The molecule has 0 saturated carbocycles. The molecule has 0 radical (unpaired) electrons. The van der Waals surface area contributed by atoms with Gasteiger partial charge < -0.3 is 35.2 Å². The van der Waals surface area contributed by atoms with Crippen molar-refractivity contribution < 1.29 is 29.0 Å². The first kappa shape index (κ1) is 43.9. The molecule has 1 spiro atoms. The number of hydrogen-bond donors (Lipinski definition) is 3. The van der Waals surface area contributed by atoms with Crippen LogP contribution in [-0.2, 0) is 20.9 Å². The summed E-state index contributed by atoms with van der Waals surface area (Å²) in [5.74, 6) is 0.801. The quantitative estimate of drug-likeness (QED) is 0.0878. The molecule has 3 aromatic carbocycles. The van der Waals surface area contributed by atoms with Crippen molar-refractivity contribution in [2.24, 2.45) is 5.41 Å². The van der Waals surface area contributed by atoms with E-state index in [4.69, 9.17) is 21.3 Å². The van der Waals surface area contributed by atoms with Crippen molar-refractivity contribution in [3.63, 3.8) is 0 Å². The second kappa shape index (κ2) is 19.4. The first-order chi connectivity index (χ1) is 31.6. The number of aromatic nitrogens is 3. The zero-order chi connectivity index (χ0) is 44.9. The molecule has 4 aliphatic heterocycles. The van der Waals surface area contributed by atoms with Crippen LogP contribution in [0.25, 0.3) is 22.4 Å². The van der Waals surface area contributed by atoms with Crippen LogP contribution in [0.1, 0.15) is 86.6 Å². The monoisotopic (exact) mass is 896 g/mol. The Hall–Kier alpha value is -6.38. The van der Waals surface area contributed by atoms with Crippen LogP contribution in [0.4, 0.5) is 17.3 Å². The van der Waals surface area contributed by atoms with Gasteiger partial charge in [-0.25, -0.2) is 9.97 Å². The number of aliphatic hydroxyl groups is 1. The van der Waals surface area contributed by atoms with E-state index in [1.54, 1.807) is 35.6 Å². The number of likely N-dealkylation sites (tertiary alicyclic amines) is 1. The maximum atomic E-state index is 14.0. The van der Waals surface area contributed by atoms with Crippen LogP contribution in [0.15, 0.2) is 97.5 Å². The molecule has 0 aliphatic carbocycles. The van der Waals surface area contributed by atoms with Gasteiger partial charge >= 0.3 is 0 Å². The fourth-order valence-electron chi connectivity index (χ4n) is 9.59. The van der Waals surface area contributed by atoms with Gasteiger partial charge in [-0.1, -0.05) is 79.4 Å². The highest BCUT2D eigenvalue weighted by atomic mass is 35.5. The Morgan fingerprint density at radius 3 is 2.45 bits per heavy atom. The Balaban J connectivity index is 0.691. The van der Waals surface area contributed by atoms with Crippen molar-refractivity contribution in [1.29, 1.82) is 0 Å². The van der Waals surface area contributed by atoms with Gasteiger partial charge in [0.05, 0.1) is 52.7 Å². The van der Waals surface area contributed by atoms with E-state index in [1.807, 2.05) is 52.3 Å². The Bertz CT molecular complexity index is 2570. The van der Waals surface area contributed by atoms with Gasteiger partial charge in [0.2, 0.25) is 23.7 Å². The van der Waals surface area contributed by atoms with Gasteiger partial charge in [0.25, 0.3) is 5.91 Å². The minimum atomic E-state index is -0.861. The summed E-state index contributed by atoms with van der Waals surface area (Å²) in [6.45, 7) is 2.64. The molecule has 15 heteroatoms. The molecule has 0 bridgehead atoms. The molecule has 3 fully saturated rings. The number of hydrogen-bond acceptors (Lipinski definition) is 10. The Labute approximate surface area is 383 Å². The molecule has 65 heavy (non-hydrogen) atoms. The summed E-state index contributed by atoms with van der Waals surface area (Å²) in [5.41, 5.74) is 5.91. The number of unbranched alkanes of at least 4 members (excludes halogenated alkanes) is 4. The van der Waals surface area contributed by atoms with Crippen LogP contribution < -0.4 is 20.3 Å². The number of halogens is 1. The third-order valence-corrected chi connectivity index (χ3v) is 13.6. The number of ether oxygens (including phenoxy) is 1. The summed E-state index contributed by atoms with van der Waals surface area (Å²) in [7, 11) is 0. The van der Waals surface area contributed by atoms with Crippen molar-refractivity contribution in [2.45, 2.75) is 89.4 Å². The maximum Gasteiger partial charge on any atom is 0.255 e. The maximum absolute atomic E-state index is 14.0. The zero-order valence-electron chi connectivity index (χ0n) is 36.3. The molecule has 3 N–H and O–H groups in total. The predicted octanol–water partition coefficient (Wildman–Crippen LogP) is 7.92. The number of anilines is 3. The fraction of sp³-hybridized carbons (Fsp3) is 0.380. The van der Waals surface area contributed by atoms with Crippen LogP contribution in [0.3, 0.4) is 0 Å². The van der Waals surface area contributed by atoms with Gasteiger partial charge in [0, 0.05) is 43.7 Å². The summed E-state index contributed by atoms with van der Waals surface area (Å²) in [6.07, 6.45) is 12.1. The first-order valence-electron chi connectivity index (χ1n) is 22.7. The lowest BCUT2D eigenvalue weighted by molar-refractivity contribution is -0.137. The summed E-state index contributed by atoms with van der Waals surface area (Å²) in [5, 5.41) is 15.9. The normalized spacial score (nSPS) is 19.1. The molecule has 2 unspecified atom stereocenters. The average Bonchev–Trinajstić information content (AvgIpc) is 3.82. The Morgan fingerprint density at radius 1 is 0.846 bits per heavy atom. The molecular weight excluding hydrogens is 844 g/mol. The number of rotatable bonds is 15. The molecule has 6 heterocycles. The minimum Gasteiger partial charge on any atom is -0.494 e. The van der Waals surface area contributed by atoms with E-state index in [0.29, 0.717) is 104 Å². The van der Waals surface area contributed by atoms with E-state index in [0.717, 1.165) is 60.8 Å². The van der Waals surface area contributed by atoms with E-state index in [9.17, 15) is 24.3 Å². The standard InChI is InChI=1S/C50H53ClN8O6/c51-41-31-53-49(56-45(41)35-13-9-12-34(26-35)33-10-5-4-6-11-33)54-37-28-38(30-52-29-37)58-24-21-50(48(58)64)19-22-57(23-20-50)44(61)14-7-2-1-3-8-25-65-39-15-16-40-36(27-39)32-59(47(40)63)42-17-18-43(60)55-46(42)62/h4-6,9-13,15-16,26-31,42-43,60H,1-3,7-8,14,17-25,32H2,(H,55,62)(H,53,54,56). The van der Waals surface area contributed by atoms with Crippen molar-refractivity contribution in [1.82, 2.24) is 30.1 Å². The number of pyridine rings is 1. The number of piperidine rings is 2. The Morgan fingerprint density at radius 2 is 1.62 bits per heavy atom. The van der Waals surface area contributed by atoms with Crippen molar-refractivity contribution >= 4 is 52.6 Å². The summed E-state index contributed by atoms with van der Waals surface area (Å²) < 4.78 is 6.00. The molecule has 336 valence electrons. The van der Waals surface area contributed by atoms with Gasteiger partial charge in [0.1, 0.15) is 18.0 Å². The molecule has 9 rings (SSSR count). The predicted molar refractivity (Wildman–Crippen MR) is 247 cm³/mol. The smallest absolute Gasteiger partial charge is 0.255 e. The van der Waals surface area contributed by atoms with Crippen molar-refractivity contribution in [3.05, 3.63) is 114 Å². The van der Waals surface area contributed by atoms with E-state index in [-0.39, 0.29) is 23.6 Å². The molecule has 2 aromatic heterocycles. The highest BCUT2D eigenvalue weighted by Crippen LogP contribution is 2.44. The Kier molecular flexibility index (Phi) is 13.1. The number of nitrogens with one attached hydrogen (secondary N) is 2. The number of nitrogens with zero attached hydrogens (tertiary/aromatic N) is 6. The van der Waals surface area contributed by atoms with Crippen molar-refractivity contribution in [2.75, 3.05) is 36.5 Å². The molecule has 5 aromatic rings. The number of benzene rings is 3.